The third kappa shape index (κ3) is 4.25. The van der Waals surface area contributed by atoms with Gasteiger partial charge in [-0.25, -0.2) is 0 Å². The molecule has 2 unspecified atom stereocenters. The lowest BCUT2D eigenvalue weighted by Crippen LogP contribution is -2.40. The maximum Gasteiger partial charge on any atom is 0.0208 e. The second kappa shape index (κ2) is 7.35. The zero-order valence-electron chi connectivity index (χ0n) is 12.5. The third-order valence-electron chi connectivity index (χ3n) is 4.40. The van der Waals surface area contributed by atoms with Gasteiger partial charge in [0.05, 0.1) is 0 Å². The number of nitrogens with one attached hydrogen (secondary N) is 1. The minimum absolute atomic E-state index is 0.717. The Morgan fingerprint density at radius 1 is 1.16 bits per heavy atom. The Balaban J connectivity index is 1.88. The van der Waals surface area contributed by atoms with Crippen molar-refractivity contribution in [3.63, 3.8) is 0 Å². The van der Waals surface area contributed by atoms with Gasteiger partial charge in [-0.3, -0.25) is 0 Å². The molecule has 0 heterocycles. The fourth-order valence-corrected chi connectivity index (χ4v) is 3.61. The van der Waals surface area contributed by atoms with Gasteiger partial charge >= 0.3 is 0 Å². The summed E-state index contributed by atoms with van der Waals surface area (Å²) in [5, 5.41) is 3.80. The van der Waals surface area contributed by atoms with Crippen LogP contribution in [0.25, 0.3) is 0 Å². The van der Waals surface area contributed by atoms with Gasteiger partial charge in [-0.05, 0) is 48.6 Å². The lowest BCUT2D eigenvalue weighted by Gasteiger charge is -2.35. The van der Waals surface area contributed by atoms with Gasteiger partial charge in [-0.15, -0.1) is 11.8 Å². The normalized spacial score (nSPS) is 23.8. The van der Waals surface area contributed by atoms with E-state index in [1.54, 1.807) is 0 Å². The van der Waals surface area contributed by atoms with E-state index in [1.165, 1.54) is 36.1 Å². The summed E-state index contributed by atoms with van der Waals surface area (Å²) in [6.45, 7) is 5.76. The Kier molecular flexibility index (Phi) is 5.77. The van der Waals surface area contributed by atoms with Gasteiger partial charge in [0, 0.05) is 17.5 Å². The first kappa shape index (κ1) is 14.9. The molecule has 0 radical (unpaired) electrons. The molecule has 0 bridgehead atoms. The first-order valence-electron chi connectivity index (χ1n) is 7.57. The molecule has 1 nitrogen and oxygen atoms in total. The second-order valence-electron chi connectivity index (χ2n) is 6.03. The smallest absolute Gasteiger partial charge is 0.0208 e. The molecule has 2 heteroatoms. The molecule has 1 N–H and O–H groups in total. The van der Waals surface area contributed by atoms with E-state index >= 15 is 0 Å². The molecule has 2 atom stereocenters. The number of thioether (sulfide) groups is 1. The summed E-state index contributed by atoms with van der Waals surface area (Å²) < 4.78 is 0. The summed E-state index contributed by atoms with van der Waals surface area (Å²) in [7, 11) is 0. The summed E-state index contributed by atoms with van der Waals surface area (Å²) in [6.07, 6.45) is 7.70. The van der Waals surface area contributed by atoms with E-state index in [9.17, 15) is 0 Å². The van der Waals surface area contributed by atoms with E-state index in [2.05, 4.69) is 49.7 Å². The average Bonchev–Trinajstić information content (AvgIpc) is 2.46. The van der Waals surface area contributed by atoms with Gasteiger partial charge in [0.1, 0.15) is 0 Å². The number of hydrogen-bond acceptors (Lipinski definition) is 2. The van der Waals surface area contributed by atoms with Crippen molar-refractivity contribution in [3.8, 4) is 0 Å². The van der Waals surface area contributed by atoms with Crippen LogP contribution in [0.5, 0.6) is 0 Å². The van der Waals surface area contributed by atoms with Gasteiger partial charge < -0.3 is 5.32 Å². The highest BCUT2D eigenvalue weighted by Crippen LogP contribution is 2.30. The number of benzene rings is 1. The van der Waals surface area contributed by atoms with Crippen LogP contribution >= 0.6 is 11.8 Å². The lowest BCUT2D eigenvalue weighted by molar-refractivity contribution is 0.204. The zero-order valence-corrected chi connectivity index (χ0v) is 13.3. The summed E-state index contributed by atoms with van der Waals surface area (Å²) in [5.41, 5.74) is 1.41. The molecule has 0 aliphatic heterocycles. The Hall–Kier alpha value is -0.470. The van der Waals surface area contributed by atoms with Crippen molar-refractivity contribution in [2.75, 3.05) is 6.26 Å². The van der Waals surface area contributed by atoms with Crippen LogP contribution in [0.1, 0.15) is 45.1 Å². The summed E-state index contributed by atoms with van der Waals surface area (Å²) in [4.78, 5) is 1.35. The molecule has 0 spiro atoms. The molecule has 1 aliphatic rings. The fraction of sp³-hybridized carbons (Fsp3) is 0.647. The zero-order chi connectivity index (χ0) is 13.7. The molecule has 19 heavy (non-hydrogen) atoms. The van der Waals surface area contributed by atoms with Crippen molar-refractivity contribution in [3.05, 3.63) is 29.8 Å². The van der Waals surface area contributed by atoms with E-state index in [0.29, 0.717) is 6.04 Å². The molecule has 0 amide bonds. The molecule has 1 fully saturated rings. The molecule has 2 rings (SSSR count). The molecule has 0 aromatic heterocycles. The van der Waals surface area contributed by atoms with Crippen LogP contribution in [0.15, 0.2) is 29.2 Å². The summed E-state index contributed by atoms with van der Waals surface area (Å²) in [5.74, 6) is 1.66. The van der Waals surface area contributed by atoms with Gasteiger partial charge in [0.15, 0.2) is 0 Å². The highest BCUT2D eigenvalue weighted by Gasteiger charge is 2.26. The minimum Gasteiger partial charge on any atom is -0.310 e. The highest BCUT2D eigenvalue weighted by atomic mass is 32.2. The quantitative estimate of drug-likeness (QED) is 0.782. The Morgan fingerprint density at radius 3 is 2.47 bits per heavy atom. The van der Waals surface area contributed by atoms with Crippen LogP contribution < -0.4 is 5.32 Å². The average molecular weight is 277 g/mol. The van der Waals surface area contributed by atoms with E-state index < -0.39 is 0 Å². The second-order valence-corrected chi connectivity index (χ2v) is 6.91. The van der Waals surface area contributed by atoms with Crippen molar-refractivity contribution in [1.29, 1.82) is 0 Å². The first-order valence-corrected chi connectivity index (χ1v) is 8.79. The fourth-order valence-electron chi connectivity index (χ4n) is 3.20. The Morgan fingerprint density at radius 2 is 1.84 bits per heavy atom. The van der Waals surface area contributed by atoms with Crippen molar-refractivity contribution in [1.82, 2.24) is 5.32 Å². The predicted molar refractivity (Wildman–Crippen MR) is 85.6 cm³/mol. The molecule has 1 aromatic carbocycles. The van der Waals surface area contributed by atoms with E-state index in [1.807, 2.05) is 11.8 Å². The van der Waals surface area contributed by atoms with Crippen molar-refractivity contribution < 1.29 is 0 Å². The number of hydrogen-bond donors (Lipinski definition) is 1. The van der Waals surface area contributed by atoms with Gasteiger partial charge in [0.25, 0.3) is 0 Å². The number of rotatable bonds is 5. The van der Waals surface area contributed by atoms with Gasteiger partial charge in [-0.2, -0.15) is 0 Å². The van der Waals surface area contributed by atoms with Gasteiger partial charge in [0.2, 0.25) is 0 Å². The molecule has 0 saturated heterocycles. The summed E-state index contributed by atoms with van der Waals surface area (Å²) in [6, 6.07) is 9.68. The molecule has 1 aliphatic carbocycles. The van der Waals surface area contributed by atoms with Crippen molar-refractivity contribution in [2.45, 2.75) is 57.0 Å². The van der Waals surface area contributed by atoms with Crippen LogP contribution in [-0.4, -0.2) is 12.3 Å². The van der Waals surface area contributed by atoms with E-state index in [-0.39, 0.29) is 0 Å². The van der Waals surface area contributed by atoms with E-state index in [0.717, 1.165) is 18.4 Å². The van der Waals surface area contributed by atoms with Gasteiger partial charge in [-0.1, -0.05) is 38.8 Å². The first-order chi connectivity index (χ1) is 9.20. The minimum atomic E-state index is 0.717. The molecule has 1 saturated carbocycles. The molecule has 1 aromatic rings. The van der Waals surface area contributed by atoms with Crippen LogP contribution in [0.4, 0.5) is 0 Å². The molecule has 106 valence electrons. The molecular weight excluding hydrogens is 250 g/mol. The van der Waals surface area contributed by atoms with Crippen LogP contribution in [-0.2, 0) is 6.54 Å². The Bertz CT molecular complexity index is 371. The standard InChI is InChI=1S/C17H27NS/c1-13(2)16-6-4-5-7-17(16)18-12-14-8-10-15(19-3)11-9-14/h8-11,13,16-18H,4-7,12H2,1-3H3. The van der Waals surface area contributed by atoms with Crippen LogP contribution in [0.2, 0.25) is 0 Å². The van der Waals surface area contributed by atoms with Crippen molar-refractivity contribution >= 4 is 11.8 Å². The maximum absolute atomic E-state index is 3.80. The Labute approximate surface area is 122 Å². The summed E-state index contributed by atoms with van der Waals surface area (Å²) >= 11 is 1.81. The van der Waals surface area contributed by atoms with Crippen LogP contribution in [0, 0.1) is 11.8 Å². The highest BCUT2D eigenvalue weighted by molar-refractivity contribution is 7.98. The largest absolute Gasteiger partial charge is 0.310 e. The topological polar surface area (TPSA) is 12.0 Å². The van der Waals surface area contributed by atoms with E-state index in [4.69, 9.17) is 0 Å². The SMILES string of the molecule is CSc1ccc(CNC2CCCCC2C(C)C)cc1. The molecular formula is C17H27NS. The lowest BCUT2D eigenvalue weighted by atomic mass is 9.78. The predicted octanol–water partition coefficient (Wildman–Crippen LogP) is 4.71. The maximum atomic E-state index is 3.80. The van der Waals surface area contributed by atoms with Crippen molar-refractivity contribution in [2.24, 2.45) is 11.8 Å². The monoisotopic (exact) mass is 277 g/mol. The van der Waals surface area contributed by atoms with Crippen LogP contribution in [0.3, 0.4) is 0 Å². The third-order valence-corrected chi connectivity index (χ3v) is 5.15.